The summed E-state index contributed by atoms with van der Waals surface area (Å²) in [5.74, 6) is 7.68. The standard InChI is InChI=1S/C29H37F/c1-3-5-7-9-28-21-16-25(22-29(28)30)11-10-24-14-19-27(20-15-24)26-17-12-23(13-18-26)8-6-4-2/h12-13,16-18,21-22,24,27H,3-9,14-15,19-20H2,1-2H3. The summed E-state index contributed by atoms with van der Waals surface area (Å²) in [6.07, 6.45) is 12.6. The van der Waals surface area contributed by atoms with Gasteiger partial charge in [0.15, 0.2) is 0 Å². The number of hydrogen-bond acceptors (Lipinski definition) is 0. The van der Waals surface area contributed by atoms with Crippen molar-refractivity contribution >= 4 is 0 Å². The molecule has 0 amide bonds. The van der Waals surface area contributed by atoms with Gasteiger partial charge in [-0.3, -0.25) is 0 Å². The maximum atomic E-state index is 14.3. The van der Waals surface area contributed by atoms with Crippen LogP contribution in [0.5, 0.6) is 0 Å². The lowest BCUT2D eigenvalue weighted by molar-refractivity contribution is 0.384. The van der Waals surface area contributed by atoms with Gasteiger partial charge < -0.3 is 0 Å². The Morgan fingerprint density at radius 1 is 0.833 bits per heavy atom. The van der Waals surface area contributed by atoms with E-state index in [4.69, 9.17) is 0 Å². The van der Waals surface area contributed by atoms with E-state index in [2.05, 4.69) is 50.0 Å². The Morgan fingerprint density at radius 2 is 1.57 bits per heavy atom. The SMILES string of the molecule is CCCCCc1ccc(C#CC2CCC(c3ccc(CCCC)cc3)CC2)cc1F. The molecule has 0 aromatic heterocycles. The summed E-state index contributed by atoms with van der Waals surface area (Å²) in [6, 6.07) is 14.9. The molecule has 0 spiro atoms. The second-order valence-corrected chi connectivity index (χ2v) is 8.93. The van der Waals surface area contributed by atoms with E-state index in [-0.39, 0.29) is 5.82 Å². The highest BCUT2D eigenvalue weighted by Crippen LogP contribution is 2.35. The molecular formula is C29H37F. The summed E-state index contributed by atoms with van der Waals surface area (Å²) in [5.41, 5.74) is 4.60. The zero-order valence-corrected chi connectivity index (χ0v) is 18.9. The van der Waals surface area contributed by atoms with Gasteiger partial charge in [-0.1, -0.05) is 75.3 Å². The largest absolute Gasteiger partial charge is 0.207 e. The maximum absolute atomic E-state index is 14.3. The van der Waals surface area contributed by atoms with E-state index in [0.717, 1.165) is 49.7 Å². The first kappa shape index (κ1) is 22.6. The molecule has 1 heteroatoms. The topological polar surface area (TPSA) is 0 Å². The van der Waals surface area contributed by atoms with Crippen LogP contribution in [0.25, 0.3) is 0 Å². The highest BCUT2D eigenvalue weighted by atomic mass is 19.1. The van der Waals surface area contributed by atoms with Crippen molar-refractivity contribution in [3.63, 3.8) is 0 Å². The smallest absolute Gasteiger partial charge is 0.127 e. The van der Waals surface area contributed by atoms with E-state index in [0.29, 0.717) is 11.8 Å². The van der Waals surface area contributed by atoms with Crippen LogP contribution in [0.3, 0.4) is 0 Å². The van der Waals surface area contributed by atoms with Crippen molar-refractivity contribution in [2.45, 2.75) is 90.4 Å². The fourth-order valence-corrected chi connectivity index (χ4v) is 4.49. The molecule has 0 radical (unpaired) electrons. The van der Waals surface area contributed by atoms with Gasteiger partial charge >= 0.3 is 0 Å². The molecule has 1 aliphatic rings. The average molecular weight is 405 g/mol. The normalized spacial score (nSPS) is 18.6. The van der Waals surface area contributed by atoms with E-state index in [1.54, 1.807) is 6.07 Å². The van der Waals surface area contributed by atoms with E-state index in [1.165, 1.54) is 43.2 Å². The third-order valence-electron chi connectivity index (χ3n) is 6.52. The molecule has 0 heterocycles. The fraction of sp³-hybridized carbons (Fsp3) is 0.517. The molecule has 1 aliphatic carbocycles. The summed E-state index contributed by atoms with van der Waals surface area (Å²) in [7, 11) is 0. The highest BCUT2D eigenvalue weighted by Gasteiger charge is 2.21. The molecular weight excluding hydrogens is 367 g/mol. The van der Waals surface area contributed by atoms with Crippen molar-refractivity contribution < 1.29 is 4.39 Å². The molecule has 0 aliphatic heterocycles. The van der Waals surface area contributed by atoms with Gasteiger partial charge in [0.2, 0.25) is 0 Å². The Morgan fingerprint density at radius 3 is 2.23 bits per heavy atom. The van der Waals surface area contributed by atoms with E-state index in [9.17, 15) is 4.39 Å². The van der Waals surface area contributed by atoms with Gasteiger partial charge in [0.25, 0.3) is 0 Å². The minimum atomic E-state index is -0.0935. The van der Waals surface area contributed by atoms with Crippen molar-refractivity contribution in [2.24, 2.45) is 5.92 Å². The minimum absolute atomic E-state index is 0.0935. The third-order valence-corrected chi connectivity index (χ3v) is 6.52. The molecule has 3 rings (SSSR count). The molecule has 30 heavy (non-hydrogen) atoms. The first-order chi connectivity index (χ1) is 14.7. The van der Waals surface area contributed by atoms with Gasteiger partial charge in [-0.25, -0.2) is 4.39 Å². The van der Waals surface area contributed by atoms with Gasteiger partial charge in [-0.15, -0.1) is 0 Å². The van der Waals surface area contributed by atoms with Crippen molar-refractivity contribution in [2.75, 3.05) is 0 Å². The van der Waals surface area contributed by atoms with E-state index < -0.39 is 0 Å². The lowest BCUT2D eigenvalue weighted by Gasteiger charge is -2.26. The van der Waals surface area contributed by atoms with E-state index >= 15 is 0 Å². The Hall–Kier alpha value is -2.07. The Labute approximate surface area is 183 Å². The van der Waals surface area contributed by atoms with Crippen LogP contribution in [0.2, 0.25) is 0 Å². The van der Waals surface area contributed by atoms with Gasteiger partial charge in [0.1, 0.15) is 5.82 Å². The van der Waals surface area contributed by atoms with Crippen molar-refractivity contribution in [3.8, 4) is 11.8 Å². The minimum Gasteiger partial charge on any atom is -0.207 e. The Bertz CT molecular complexity index is 829. The van der Waals surface area contributed by atoms with Gasteiger partial charge in [0.05, 0.1) is 0 Å². The molecule has 0 nitrogen and oxygen atoms in total. The first-order valence-electron chi connectivity index (χ1n) is 12.1. The third kappa shape index (κ3) is 6.73. The van der Waals surface area contributed by atoms with Crippen molar-refractivity contribution in [1.29, 1.82) is 0 Å². The summed E-state index contributed by atoms with van der Waals surface area (Å²) in [5, 5.41) is 0. The molecule has 1 saturated carbocycles. The number of hydrogen-bond donors (Lipinski definition) is 0. The quantitative estimate of drug-likeness (QED) is 0.307. The molecule has 0 saturated heterocycles. The average Bonchev–Trinajstić information content (AvgIpc) is 2.78. The molecule has 2 aromatic carbocycles. The Kier molecular flexibility index (Phi) is 9.00. The predicted molar refractivity (Wildman–Crippen MR) is 126 cm³/mol. The van der Waals surface area contributed by atoms with Gasteiger partial charge in [-0.2, -0.15) is 0 Å². The van der Waals surface area contributed by atoms with Crippen LogP contribution in [0.4, 0.5) is 4.39 Å². The number of unbranched alkanes of at least 4 members (excludes halogenated alkanes) is 3. The van der Waals surface area contributed by atoms with Crippen LogP contribution >= 0.6 is 0 Å². The molecule has 0 unspecified atom stereocenters. The van der Waals surface area contributed by atoms with Crippen LogP contribution in [0.1, 0.15) is 99.8 Å². The summed E-state index contributed by atoms with van der Waals surface area (Å²) in [4.78, 5) is 0. The van der Waals surface area contributed by atoms with Gasteiger partial charge in [0, 0.05) is 11.5 Å². The zero-order chi connectivity index (χ0) is 21.2. The van der Waals surface area contributed by atoms with Crippen LogP contribution in [-0.2, 0) is 12.8 Å². The Balaban J connectivity index is 1.50. The monoisotopic (exact) mass is 404 g/mol. The van der Waals surface area contributed by atoms with Crippen LogP contribution in [-0.4, -0.2) is 0 Å². The van der Waals surface area contributed by atoms with Crippen LogP contribution < -0.4 is 0 Å². The number of benzene rings is 2. The second-order valence-electron chi connectivity index (χ2n) is 8.93. The fourth-order valence-electron chi connectivity index (χ4n) is 4.49. The summed E-state index contributed by atoms with van der Waals surface area (Å²) in [6.45, 7) is 4.42. The number of halogens is 1. The molecule has 1 fully saturated rings. The molecule has 0 bridgehead atoms. The predicted octanol–water partition coefficient (Wildman–Crippen LogP) is 8.23. The molecule has 0 atom stereocenters. The molecule has 160 valence electrons. The number of aryl methyl sites for hydroxylation is 2. The van der Waals surface area contributed by atoms with Crippen LogP contribution in [0.15, 0.2) is 42.5 Å². The molecule has 2 aromatic rings. The lowest BCUT2D eigenvalue weighted by atomic mass is 9.78. The lowest BCUT2D eigenvalue weighted by Crippen LogP contribution is -2.12. The summed E-state index contributed by atoms with van der Waals surface area (Å²) >= 11 is 0. The van der Waals surface area contributed by atoms with Gasteiger partial charge in [-0.05, 0) is 86.1 Å². The summed E-state index contributed by atoms with van der Waals surface area (Å²) < 4.78 is 14.3. The maximum Gasteiger partial charge on any atom is 0.127 e. The molecule has 0 N–H and O–H groups in total. The van der Waals surface area contributed by atoms with Crippen molar-refractivity contribution in [1.82, 2.24) is 0 Å². The van der Waals surface area contributed by atoms with E-state index in [1.807, 2.05) is 12.1 Å². The van der Waals surface area contributed by atoms with Crippen LogP contribution in [0, 0.1) is 23.6 Å². The number of rotatable bonds is 8. The second kappa shape index (κ2) is 11.9. The zero-order valence-electron chi connectivity index (χ0n) is 18.9. The first-order valence-corrected chi connectivity index (χ1v) is 12.1. The van der Waals surface area contributed by atoms with Crippen molar-refractivity contribution in [3.05, 3.63) is 70.5 Å². The highest BCUT2D eigenvalue weighted by molar-refractivity contribution is 5.37.